The van der Waals surface area contributed by atoms with E-state index < -0.39 is 5.97 Å². The van der Waals surface area contributed by atoms with Gasteiger partial charge in [0.1, 0.15) is 5.52 Å². The Morgan fingerprint density at radius 1 is 1.00 bits per heavy atom. The van der Waals surface area contributed by atoms with Crippen molar-refractivity contribution in [2.45, 2.75) is 13.0 Å². The van der Waals surface area contributed by atoms with E-state index in [0.29, 0.717) is 34.1 Å². The van der Waals surface area contributed by atoms with Crippen molar-refractivity contribution in [3.8, 4) is 11.5 Å². The second-order valence-electron chi connectivity index (χ2n) is 7.19. The van der Waals surface area contributed by atoms with E-state index in [4.69, 9.17) is 21.1 Å². The Bertz CT molecular complexity index is 1290. The summed E-state index contributed by atoms with van der Waals surface area (Å²) in [5.74, 6) is -0.640. The van der Waals surface area contributed by atoms with Gasteiger partial charge in [-0.2, -0.15) is 0 Å². The molecule has 0 saturated heterocycles. The van der Waals surface area contributed by atoms with E-state index >= 15 is 0 Å². The van der Waals surface area contributed by atoms with E-state index in [1.807, 2.05) is 36.4 Å². The molecule has 3 aromatic carbocycles. The molecule has 0 atom stereocenters. The third-order valence-electron chi connectivity index (χ3n) is 4.77. The highest BCUT2D eigenvalue weighted by molar-refractivity contribution is 6.30. The Hall–Kier alpha value is -3.90. The molecule has 7 heteroatoms. The number of fused-ring (bicyclic) bond motifs is 1. The van der Waals surface area contributed by atoms with Crippen LogP contribution in [0, 0.1) is 0 Å². The van der Waals surface area contributed by atoms with Crippen LogP contribution in [-0.4, -0.2) is 22.0 Å². The molecule has 32 heavy (non-hydrogen) atoms. The lowest BCUT2D eigenvalue weighted by atomic mass is 10.1. The zero-order valence-corrected chi connectivity index (χ0v) is 17.7. The Kier molecular flexibility index (Phi) is 6.33. The zero-order chi connectivity index (χ0) is 22.5. The van der Waals surface area contributed by atoms with Gasteiger partial charge in [-0.05, 0) is 59.2 Å². The molecule has 1 heterocycles. The quantitative estimate of drug-likeness (QED) is 0.385. The SMILES string of the molecule is O=C(O)Cc1ccc2oc(-c3ccc(/C=C/C(=O)NCc4ccc(Cl)cc4)cc3)nc2c1. The highest BCUT2D eigenvalue weighted by Gasteiger charge is 2.10. The Morgan fingerprint density at radius 3 is 2.44 bits per heavy atom. The molecule has 0 saturated carbocycles. The van der Waals surface area contributed by atoms with Crippen LogP contribution in [0.1, 0.15) is 16.7 Å². The van der Waals surface area contributed by atoms with Gasteiger partial charge < -0.3 is 14.8 Å². The maximum absolute atomic E-state index is 12.1. The van der Waals surface area contributed by atoms with Crippen LogP contribution in [0.25, 0.3) is 28.6 Å². The standard InChI is InChI=1S/C25H19ClN2O4/c26-20-9-3-17(4-10-20)15-27-23(29)12-6-16-1-7-19(8-2-16)25-28-21-13-18(14-24(30)31)5-11-22(21)32-25/h1-13H,14-15H2,(H,27,29)(H,30,31)/b12-6+. The van der Waals surface area contributed by atoms with Crippen LogP contribution in [0.2, 0.25) is 5.02 Å². The average molecular weight is 447 g/mol. The van der Waals surface area contributed by atoms with Crippen LogP contribution >= 0.6 is 11.6 Å². The lowest BCUT2D eigenvalue weighted by molar-refractivity contribution is -0.136. The summed E-state index contributed by atoms with van der Waals surface area (Å²) in [5, 5.41) is 12.4. The summed E-state index contributed by atoms with van der Waals surface area (Å²) in [6.45, 7) is 0.422. The van der Waals surface area contributed by atoms with Crippen LogP contribution in [0.4, 0.5) is 0 Å². The number of nitrogens with one attached hydrogen (secondary N) is 1. The highest BCUT2D eigenvalue weighted by Crippen LogP contribution is 2.25. The molecular formula is C25H19ClN2O4. The summed E-state index contributed by atoms with van der Waals surface area (Å²) < 4.78 is 5.78. The van der Waals surface area contributed by atoms with Crippen molar-refractivity contribution in [2.24, 2.45) is 0 Å². The van der Waals surface area contributed by atoms with Crippen molar-refractivity contribution in [3.63, 3.8) is 0 Å². The number of carboxylic acid groups (broad SMARTS) is 1. The zero-order valence-electron chi connectivity index (χ0n) is 16.9. The molecule has 0 bridgehead atoms. The molecule has 0 unspecified atom stereocenters. The van der Waals surface area contributed by atoms with Crippen molar-refractivity contribution in [3.05, 3.63) is 94.5 Å². The van der Waals surface area contributed by atoms with Gasteiger partial charge >= 0.3 is 5.97 Å². The van der Waals surface area contributed by atoms with Gasteiger partial charge in [-0.15, -0.1) is 0 Å². The molecule has 0 aliphatic rings. The second kappa shape index (κ2) is 9.49. The van der Waals surface area contributed by atoms with Crippen molar-refractivity contribution >= 4 is 40.7 Å². The largest absolute Gasteiger partial charge is 0.481 e. The van der Waals surface area contributed by atoms with E-state index in [1.165, 1.54) is 6.08 Å². The number of amides is 1. The van der Waals surface area contributed by atoms with Crippen LogP contribution in [0.3, 0.4) is 0 Å². The number of hydrogen-bond acceptors (Lipinski definition) is 4. The first-order valence-electron chi connectivity index (χ1n) is 9.88. The molecule has 0 aliphatic carbocycles. The van der Waals surface area contributed by atoms with Crippen LogP contribution < -0.4 is 5.32 Å². The number of benzene rings is 3. The first-order chi connectivity index (χ1) is 15.5. The minimum absolute atomic E-state index is 0.0631. The lowest BCUT2D eigenvalue weighted by Crippen LogP contribution is -2.20. The summed E-state index contributed by atoms with van der Waals surface area (Å²) in [6, 6.07) is 19.9. The molecule has 0 spiro atoms. The molecule has 6 nitrogen and oxygen atoms in total. The van der Waals surface area contributed by atoms with Crippen LogP contribution in [0.15, 0.2) is 77.2 Å². The minimum atomic E-state index is -0.893. The van der Waals surface area contributed by atoms with Gasteiger partial charge in [-0.1, -0.05) is 41.9 Å². The lowest BCUT2D eigenvalue weighted by Gasteiger charge is -2.02. The van der Waals surface area contributed by atoms with Crippen molar-refractivity contribution in [1.29, 1.82) is 0 Å². The molecule has 4 rings (SSSR count). The number of oxazole rings is 1. The van der Waals surface area contributed by atoms with E-state index in [0.717, 1.165) is 16.7 Å². The third kappa shape index (κ3) is 5.42. The van der Waals surface area contributed by atoms with E-state index in [-0.39, 0.29) is 12.3 Å². The minimum Gasteiger partial charge on any atom is -0.481 e. The molecule has 4 aromatic rings. The fourth-order valence-corrected chi connectivity index (χ4v) is 3.27. The van der Waals surface area contributed by atoms with Crippen molar-refractivity contribution in [2.75, 3.05) is 0 Å². The number of carboxylic acids is 1. The first-order valence-corrected chi connectivity index (χ1v) is 10.3. The predicted molar refractivity (Wildman–Crippen MR) is 123 cm³/mol. The number of nitrogens with zero attached hydrogens (tertiary/aromatic N) is 1. The molecular weight excluding hydrogens is 428 g/mol. The number of carbonyl (C=O) groups is 2. The van der Waals surface area contributed by atoms with E-state index in [2.05, 4.69) is 10.3 Å². The number of carbonyl (C=O) groups excluding carboxylic acids is 1. The van der Waals surface area contributed by atoms with Crippen LogP contribution in [-0.2, 0) is 22.6 Å². The maximum atomic E-state index is 12.1. The number of aromatic nitrogens is 1. The van der Waals surface area contributed by atoms with Gasteiger partial charge in [0.25, 0.3) is 0 Å². The van der Waals surface area contributed by atoms with E-state index in [1.54, 1.807) is 36.4 Å². The Labute approximate surface area is 189 Å². The van der Waals surface area contributed by atoms with Gasteiger partial charge in [-0.3, -0.25) is 9.59 Å². The van der Waals surface area contributed by atoms with Gasteiger partial charge in [0.05, 0.1) is 6.42 Å². The van der Waals surface area contributed by atoms with Gasteiger partial charge in [0.15, 0.2) is 5.58 Å². The number of rotatable bonds is 7. The molecule has 2 N–H and O–H groups in total. The average Bonchev–Trinajstić information content (AvgIpc) is 3.20. The fraction of sp³-hybridized carbons (Fsp3) is 0.0800. The smallest absolute Gasteiger partial charge is 0.307 e. The number of halogens is 1. The molecule has 0 aliphatic heterocycles. The summed E-state index contributed by atoms with van der Waals surface area (Å²) in [6.07, 6.45) is 3.14. The van der Waals surface area contributed by atoms with Gasteiger partial charge in [0.2, 0.25) is 11.8 Å². The highest BCUT2D eigenvalue weighted by atomic mass is 35.5. The van der Waals surface area contributed by atoms with Crippen molar-refractivity contribution < 1.29 is 19.1 Å². The van der Waals surface area contributed by atoms with E-state index in [9.17, 15) is 9.59 Å². The van der Waals surface area contributed by atoms with Crippen molar-refractivity contribution in [1.82, 2.24) is 10.3 Å². The molecule has 0 fully saturated rings. The Balaban J connectivity index is 1.39. The normalized spacial score (nSPS) is 11.2. The fourth-order valence-electron chi connectivity index (χ4n) is 3.14. The Morgan fingerprint density at radius 2 is 1.72 bits per heavy atom. The topological polar surface area (TPSA) is 92.4 Å². The van der Waals surface area contributed by atoms with Crippen LogP contribution in [0.5, 0.6) is 0 Å². The second-order valence-corrected chi connectivity index (χ2v) is 7.63. The van der Waals surface area contributed by atoms with Gasteiger partial charge in [-0.25, -0.2) is 4.98 Å². The molecule has 160 valence electrons. The monoisotopic (exact) mass is 446 g/mol. The predicted octanol–water partition coefficient (Wildman–Crippen LogP) is 5.10. The number of hydrogen-bond donors (Lipinski definition) is 2. The molecule has 0 radical (unpaired) electrons. The summed E-state index contributed by atoms with van der Waals surface area (Å²) in [4.78, 5) is 27.4. The molecule has 1 aromatic heterocycles. The third-order valence-corrected chi connectivity index (χ3v) is 5.02. The maximum Gasteiger partial charge on any atom is 0.307 e. The van der Waals surface area contributed by atoms with Gasteiger partial charge in [0, 0.05) is 23.2 Å². The summed E-state index contributed by atoms with van der Waals surface area (Å²) >= 11 is 5.86. The first kappa shape index (κ1) is 21.3. The summed E-state index contributed by atoms with van der Waals surface area (Å²) in [7, 11) is 0. The summed E-state index contributed by atoms with van der Waals surface area (Å²) in [5.41, 5.74) is 4.48. The number of aliphatic carboxylic acids is 1. The molecule has 1 amide bonds.